The number of nitrogens with one attached hydrogen (secondary N) is 1. The molecule has 0 spiro atoms. The number of carbonyl (C=O) groups is 2. The first kappa shape index (κ1) is 14.4. The number of carboxylic acids is 1. The molecular weight excluding hydrogens is 312 g/mol. The van der Waals surface area contributed by atoms with E-state index >= 15 is 0 Å². The zero-order chi connectivity index (χ0) is 14.9. The van der Waals surface area contributed by atoms with Crippen LogP contribution in [0.4, 0.5) is 10.1 Å². The van der Waals surface area contributed by atoms with E-state index in [0.29, 0.717) is 0 Å². The molecule has 1 aromatic carbocycles. The van der Waals surface area contributed by atoms with Crippen molar-refractivity contribution in [3.05, 3.63) is 51.6 Å². The molecule has 5 nitrogen and oxygen atoms in total. The molecule has 0 fully saturated rings. The van der Waals surface area contributed by atoms with Crippen LogP contribution in [0.2, 0.25) is 10.0 Å². The monoisotopic (exact) mass is 317 g/mol. The fourth-order valence-corrected chi connectivity index (χ4v) is 1.88. The first-order chi connectivity index (χ1) is 9.38. The van der Waals surface area contributed by atoms with Gasteiger partial charge in [0, 0.05) is 5.69 Å². The first-order valence-corrected chi connectivity index (χ1v) is 5.93. The van der Waals surface area contributed by atoms with Crippen LogP contribution in [0.25, 0.3) is 0 Å². The summed E-state index contributed by atoms with van der Waals surface area (Å²) in [6.07, 6.45) is 0. The second-order valence-electron chi connectivity index (χ2n) is 3.68. The zero-order valence-electron chi connectivity index (χ0n) is 9.62. The Hall–Kier alpha value is -2.05. The number of amides is 1. The summed E-state index contributed by atoms with van der Waals surface area (Å²) >= 11 is 11.2. The lowest BCUT2D eigenvalue weighted by Crippen LogP contribution is -2.11. The van der Waals surface area contributed by atoms with Gasteiger partial charge in [-0.25, -0.2) is 9.18 Å². The Kier molecular flexibility index (Phi) is 3.96. The van der Waals surface area contributed by atoms with Crippen LogP contribution in [0, 0.1) is 5.82 Å². The average molecular weight is 318 g/mol. The molecule has 0 radical (unpaired) electrons. The summed E-state index contributed by atoms with van der Waals surface area (Å²) in [6, 6.07) is 4.68. The van der Waals surface area contributed by atoms with Gasteiger partial charge in [0.15, 0.2) is 11.6 Å². The van der Waals surface area contributed by atoms with E-state index < -0.39 is 17.7 Å². The van der Waals surface area contributed by atoms with Crippen LogP contribution >= 0.6 is 23.2 Å². The van der Waals surface area contributed by atoms with Crippen molar-refractivity contribution in [1.29, 1.82) is 0 Å². The van der Waals surface area contributed by atoms with Crippen LogP contribution in [0.5, 0.6) is 0 Å². The molecule has 8 heteroatoms. The first-order valence-electron chi connectivity index (χ1n) is 5.17. The Labute approximate surface area is 121 Å². The topological polar surface area (TPSA) is 79.5 Å². The second kappa shape index (κ2) is 5.52. The van der Waals surface area contributed by atoms with Crippen molar-refractivity contribution >= 4 is 40.8 Å². The van der Waals surface area contributed by atoms with Crippen molar-refractivity contribution < 1.29 is 23.5 Å². The summed E-state index contributed by atoms with van der Waals surface area (Å²) in [4.78, 5) is 22.4. The van der Waals surface area contributed by atoms with Gasteiger partial charge >= 0.3 is 5.97 Å². The minimum atomic E-state index is -1.29. The number of furan rings is 1. The van der Waals surface area contributed by atoms with Gasteiger partial charge in [-0.2, -0.15) is 0 Å². The Morgan fingerprint density at radius 2 is 1.70 bits per heavy atom. The van der Waals surface area contributed by atoms with Crippen LogP contribution in [0.15, 0.2) is 28.7 Å². The Bertz CT molecular complexity index is 676. The van der Waals surface area contributed by atoms with E-state index in [1.54, 1.807) is 0 Å². The Balaban J connectivity index is 2.21. The fourth-order valence-electron chi connectivity index (χ4n) is 1.40. The molecule has 1 aromatic heterocycles. The summed E-state index contributed by atoms with van der Waals surface area (Å²) < 4.78 is 18.0. The third-order valence-corrected chi connectivity index (χ3v) is 2.83. The van der Waals surface area contributed by atoms with Gasteiger partial charge in [0.05, 0.1) is 10.0 Å². The SMILES string of the molecule is O=C(O)c1ccc(C(=O)Nc2cc(Cl)c(F)c(Cl)c2)o1. The number of rotatable bonds is 3. The van der Waals surface area contributed by atoms with E-state index in [-0.39, 0.29) is 27.3 Å². The number of halogens is 3. The molecule has 2 aromatic rings. The highest BCUT2D eigenvalue weighted by Gasteiger charge is 2.16. The van der Waals surface area contributed by atoms with E-state index in [2.05, 4.69) is 5.32 Å². The van der Waals surface area contributed by atoms with Gasteiger partial charge in [0.25, 0.3) is 5.91 Å². The summed E-state index contributed by atoms with van der Waals surface area (Å²) in [5, 5.41) is 10.5. The predicted octanol–water partition coefficient (Wildman–Crippen LogP) is 3.68. The molecule has 0 saturated carbocycles. The number of carbonyl (C=O) groups excluding carboxylic acids is 1. The molecule has 0 unspecified atom stereocenters. The standard InChI is InChI=1S/C12H6Cl2FNO4/c13-6-3-5(4-7(14)10(6)15)16-11(17)8-1-2-9(20-8)12(18)19/h1-4H,(H,16,17)(H,18,19). The van der Waals surface area contributed by atoms with E-state index in [9.17, 15) is 14.0 Å². The van der Waals surface area contributed by atoms with Gasteiger partial charge in [0.2, 0.25) is 5.76 Å². The van der Waals surface area contributed by atoms with Gasteiger partial charge in [-0.1, -0.05) is 23.2 Å². The molecule has 2 rings (SSSR count). The summed E-state index contributed by atoms with van der Waals surface area (Å²) in [6.45, 7) is 0. The van der Waals surface area contributed by atoms with Crippen molar-refractivity contribution in [2.24, 2.45) is 0 Å². The quantitative estimate of drug-likeness (QED) is 0.846. The molecule has 1 amide bonds. The second-order valence-corrected chi connectivity index (χ2v) is 4.49. The van der Waals surface area contributed by atoms with E-state index in [0.717, 1.165) is 6.07 Å². The normalized spacial score (nSPS) is 10.3. The maximum Gasteiger partial charge on any atom is 0.371 e. The summed E-state index contributed by atoms with van der Waals surface area (Å²) in [7, 11) is 0. The van der Waals surface area contributed by atoms with Crippen LogP contribution in [0.1, 0.15) is 21.1 Å². The zero-order valence-corrected chi connectivity index (χ0v) is 11.1. The smallest absolute Gasteiger partial charge is 0.371 e. The lowest BCUT2D eigenvalue weighted by atomic mass is 10.3. The van der Waals surface area contributed by atoms with E-state index in [1.807, 2.05) is 0 Å². The molecule has 0 bridgehead atoms. The van der Waals surface area contributed by atoms with Crippen molar-refractivity contribution in [3.8, 4) is 0 Å². The van der Waals surface area contributed by atoms with Crippen molar-refractivity contribution in [2.75, 3.05) is 5.32 Å². The Morgan fingerprint density at radius 1 is 1.15 bits per heavy atom. The van der Waals surface area contributed by atoms with Crippen molar-refractivity contribution in [2.45, 2.75) is 0 Å². The maximum atomic E-state index is 13.2. The number of aromatic carboxylic acids is 1. The maximum absolute atomic E-state index is 13.2. The van der Waals surface area contributed by atoms with Crippen LogP contribution < -0.4 is 5.32 Å². The van der Waals surface area contributed by atoms with Crippen LogP contribution in [-0.2, 0) is 0 Å². The molecule has 0 aliphatic rings. The van der Waals surface area contributed by atoms with Crippen molar-refractivity contribution in [1.82, 2.24) is 0 Å². The van der Waals surface area contributed by atoms with Gasteiger partial charge in [-0.15, -0.1) is 0 Å². The molecular formula is C12H6Cl2FNO4. The number of benzene rings is 1. The van der Waals surface area contributed by atoms with Crippen molar-refractivity contribution in [3.63, 3.8) is 0 Å². The minimum absolute atomic E-state index is 0.152. The van der Waals surface area contributed by atoms with Gasteiger partial charge in [-0.05, 0) is 24.3 Å². The average Bonchev–Trinajstić information content (AvgIpc) is 2.85. The number of hydrogen-bond donors (Lipinski definition) is 2. The molecule has 20 heavy (non-hydrogen) atoms. The number of anilines is 1. The van der Waals surface area contributed by atoms with Gasteiger partial charge in [0.1, 0.15) is 0 Å². The molecule has 0 aliphatic carbocycles. The molecule has 2 N–H and O–H groups in total. The molecule has 1 heterocycles. The lowest BCUT2D eigenvalue weighted by Gasteiger charge is -2.05. The predicted molar refractivity (Wildman–Crippen MR) is 70.0 cm³/mol. The van der Waals surface area contributed by atoms with E-state index in [4.69, 9.17) is 32.7 Å². The third kappa shape index (κ3) is 2.92. The molecule has 0 aliphatic heterocycles. The molecule has 0 atom stereocenters. The lowest BCUT2D eigenvalue weighted by molar-refractivity contribution is 0.0660. The number of hydrogen-bond acceptors (Lipinski definition) is 3. The van der Waals surface area contributed by atoms with Gasteiger partial charge < -0.3 is 14.8 Å². The van der Waals surface area contributed by atoms with Crippen LogP contribution in [0.3, 0.4) is 0 Å². The highest BCUT2D eigenvalue weighted by molar-refractivity contribution is 6.35. The third-order valence-electron chi connectivity index (χ3n) is 2.28. The summed E-state index contributed by atoms with van der Waals surface area (Å²) in [5.74, 6) is -3.38. The van der Waals surface area contributed by atoms with Crippen LogP contribution in [-0.4, -0.2) is 17.0 Å². The number of carboxylic acid groups (broad SMARTS) is 1. The molecule has 0 saturated heterocycles. The fraction of sp³-hybridized carbons (Fsp3) is 0. The summed E-state index contributed by atoms with van der Waals surface area (Å²) in [5.41, 5.74) is 0.152. The Morgan fingerprint density at radius 3 is 2.20 bits per heavy atom. The van der Waals surface area contributed by atoms with E-state index in [1.165, 1.54) is 18.2 Å². The van der Waals surface area contributed by atoms with Gasteiger partial charge in [-0.3, -0.25) is 4.79 Å². The highest BCUT2D eigenvalue weighted by atomic mass is 35.5. The largest absolute Gasteiger partial charge is 0.475 e. The molecule has 104 valence electrons. The minimum Gasteiger partial charge on any atom is -0.475 e. The highest BCUT2D eigenvalue weighted by Crippen LogP contribution is 2.27.